The van der Waals surface area contributed by atoms with E-state index in [1.54, 1.807) is 6.07 Å². The molecule has 104 valence electrons. The summed E-state index contributed by atoms with van der Waals surface area (Å²) in [5, 5.41) is 6.92. The Labute approximate surface area is 122 Å². The molecular weight excluding hydrogens is 306 g/mol. The van der Waals surface area contributed by atoms with Gasteiger partial charge in [0.15, 0.2) is 0 Å². The van der Waals surface area contributed by atoms with E-state index in [-0.39, 0.29) is 0 Å². The molecule has 0 bridgehead atoms. The Morgan fingerprint density at radius 2 is 2.37 bits per heavy atom. The summed E-state index contributed by atoms with van der Waals surface area (Å²) in [6, 6.07) is 5.96. The second kappa shape index (κ2) is 6.39. The Hall–Kier alpha value is -1.07. The van der Waals surface area contributed by atoms with Gasteiger partial charge in [0.1, 0.15) is 0 Å². The van der Waals surface area contributed by atoms with Gasteiger partial charge in [-0.1, -0.05) is 0 Å². The fraction of sp³-hybridized carbons (Fsp3) is 0.500. The Kier molecular flexibility index (Phi) is 4.82. The van der Waals surface area contributed by atoms with Gasteiger partial charge >= 0.3 is 0 Å². The Morgan fingerprint density at radius 3 is 2.95 bits per heavy atom. The number of nitrogens with two attached hydrogens (primary N) is 1. The van der Waals surface area contributed by atoms with Gasteiger partial charge < -0.3 is 16.4 Å². The second-order valence-electron chi connectivity index (χ2n) is 5.10. The van der Waals surface area contributed by atoms with Gasteiger partial charge in [-0.2, -0.15) is 0 Å². The monoisotopic (exact) mass is 325 g/mol. The molecule has 4 N–H and O–H groups in total. The maximum Gasteiger partial charge on any atom is 0.249 e. The molecule has 1 fully saturated rings. The van der Waals surface area contributed by atoms with Crippen molar-refractivity contribution in [1.82, 2.24) is 5.32 Å². The predicted molar refractivity (Wildman–Crippen MR) is 81.3 cm³/mol. The summed E-state index contributed by atoms with van der Waals surface area (Å²) in [4.78, 5) is 11.2. The van der Waals surface area contributed by atoms with Gasteiger partial charge in [0.05, 0.1) is 5.56 Å². The Morgan fingerprint density at radius 1 is 1.58 bits per heavy atom. The first-order chi connectivity index (χ1) is 9.08. The quantitative estimate of drug-likeness (QED) is 0.796. The molecule has 1 aromatic carbocycles. The first-order valence-corrected chi connectivity index (χ1v) is 7.44. The normalized spacial score (nSPS) is 20.8. The predicted octanol–water partition coefficient (Wildman–Crippen LogP) is 2.35. The zero-order valence-electron chi connectivity index (χ0n) is 11.1. The summed E-state index contributed by atoms with van der Waals surface area (Å²) < 4.78 is 0.735. The van der Waals surface area contributed by atoms with Gasteiger partial charge in [-0.25, -0.2) is 0 Å². The number of rotatable bonds is 4. The van der Waals surface area contributed by atoms with Crippen molar-refractivity contribution in [2.75, 3.05) is 18.4 Å². The molecule has 1 heterocycles. The summed E-state index contributed by atoms with van der Waals surface area (Å²) in [7, 11) is 0. The molecule has 2 atom stereocenters. The van der Waals surface area contributed by atoms with Crippen LogP contribution in [-0.4, -0.2) is 25.0 Å². The summed E-state index contributed by atoms with van der Waals surface area (Å²) in [6.45, 7) is 4.39. The summed E-state index contributed by atoms with van der Waals surface area (Å²) in [5.41, 5.74) is 6.81. The van der Waals surface area contributed by atoms with Crippen LogP contribution in [0.3, 0.4) is 0 Å². The highest BCUT2D eigenvalue weighted by Crippen LogP contribution is 2.24. The van der Waals surface area contributed by atoms with Crippen LogP contribution >= 0.6 is 15.9 Å². The molecule has 1 amide bonds. The molecule has 2 rings (SSSR count). The van der Waals surface area contributed by atoms with Crippen molar-refractivity contribution in [3.8, 4) is 0 Å². The van der Waals surface area contributed by atoms with Gasteiger partial charge in [0, 0.05) is 16.2 Å². The number of hydrogen-bond donors (Lipinski definition) is 3. The lowest BCUT2D eigenvalue weighted by Gasteiger charge is -2.29. The second-order valence-corrected chi connectivity index (χ2v) is 5.95. The van der Waals surface area contributed by atoms with Gasteiger partial charge in [0.25, 0.3) is 0 Å². The molecule has 4 nitrogen and oxygen atoms in total. The summed E-state index contributed by atoms with van der Waals surface area (Å²) in [6.07, 6.45) is 2.49. The number of halogens is 1. The molecule has 5 heteroatoms. The van der Waals surface area contributed by atoms with Crippen LogP contribution in [-0.2, 0) is 0 Å². The van der Waals surface area contributed by atoms with E-state index in [9.17, 15) is 4.79 Å². The van der Waals surface area contributed by atoms with Crippen LogP contribution < -0.4 is 16.4 Å². The molecule has 0 aromatic heterocycles. The van der Waals surface area contributed by atoms with Gasteiger partial charge in [0.2, 0.25) is 5.91 Å². The van der Waals surface area contributed by atoms with E-state index in [0.717, 1.165) is 23.2 Å². The molecule has 1 aromatic rings. The maximum absolute atomic E-state index is 11.2. The Bertz CT molecular complexity index is 458. The first-order valence-electron chi connectivity index (χ1n) is 6.64. The van der Waals surface area contributed by atoms with Crippen LogP contribution in [0.5, 0.6) is 0 Å². The molecule has 0 spiro atoms. The van der Waals surface area contributed by atoms with E-state index in [4.69, 9.17) is 5.73 Å². The third kappa shape index (κ3) is 3.70. The lowest BCUT2D eigenvalue weighted by atomic mass is 9.92. The number of anilines is 1. The lowest BCUT2D eigenvalue weighted by Crippen LogP contribution is -2.38. The van der Waals surface area contributed by atoms with Crippen molar-refractivity contribution in [3.63, 3.8) is 0 Å². The average Bonchev–Trinajstić information content (AvgIpc) is 2.39. The molecule has 1 aliphatic rings. The molecule has 1 saturated heterocycles. The van der Waals surface area contributed by atoms with E-state index in [1.165, 1.54) is 12.8 Å². The SMILES string of the molecule is CC(Nc1ccc(C(N)=O)c(Br)c1)C1CCCNC1. The van der Waals surface area contributed by atoms with Gasteiger partial charge in [-0.3, -0.25) is 4.79 Å². The number of carbonyl (C=O) groups is 1. The van der Waals surface area contributed by atoms with Crippen molar-refractivity contribution >= 4 is 27.5 Å². The number of benzene rings is 1. The highest BCUT2D eigenvalue weighted by molar-refractivity contribution is 9.10. The van der Waals surface area contributed by atoms with Crippen molar-refractivity contribution < 1.29 is 4.79 Å². The largest absolute Gasteiger partial charge is 0.382 e. The lowest BCUT2D eigenvalue weighted by molar-refractivity contribution is 0.0999. The molecule has 0 radical (unpaired) electrons. The molecule has 1 aliphatic heterocycles. The van der Waals surface area contributed by atoms with E-state index in [2.05, 4.69) is 33.5 Å². The fourth-order valence-electron chi connectivity index (χ4n) is 2.49. The Balaban J connectivity index is 2.02. The number of carbonyl (C=O) groups excluding carboxylic acids is 1. The number of piperidine rings is 1. The van der Waals surface area contributed by atoms with Gasteiger partial charge in [-0.15, -0.1) is 0 Å². The van der Waals surface area contributed by atoms with Gasteiger partial charge in [-0.05, 0) is 72.9 Å². The third-order valence-corrected chi connectivity index (χ3v) is 4.33. The van der Waals surface area contributed by atoms with Crippen LogP contribution in [0.2, 0.25) is 0 Å². The van der Waals surface area contributed by atoms with Crippen LogP contribution in [0.4, 0.5) is 5.69 Å². The molecule has 0 saturated carbocycles. The van der Waals surface area contributed by atoms with Crippen molar-refractivity contribution in [1.29, 1.82) is 0 Å². The first kappa shape index (κ1) is 14.3. The number of nitrogens with one attached hydrogen (secondary N) is 2. The summed E-state index contributed by atoms with van der Waals surface area (Å²) >= 11 is 3.38. The number of primary amides is 1. The van der Waals surface area contributed by atoms with E-state index in [0.29, 0.717) is 17.5 Å². The van der Waals surface area contributed by atoms with Crippen molar-refractivity contribution in [2.24, 2.45) is 11.7 Å². The molecule has 19 heavy (non-hydrogen) atoms. The molecular formula is C14H20BrN3O. The fourth-order valence-corrected chi connectivity index (χ4v) is 3.07. The zero-order chi connectivity index (χ0) is 13.8. The van der Waals surface area contributed by atoms with Crippen LogP contribution in [0.15, 0.2) is 22.7 Å². The third-order valence-electron chi connectivity index (χ3n) is 3.67. The van der Waals surface area contributed by atoms with E-state index >= 15 is 0 Å². The highest BCUT2D eigenvalue weighted by atomic mass is 79.9. The minimum absolute atomic E-state index is 0.402. The van der Waals surface area contributed by atoms with Crippen molar-refractivity contribution in [2.45, 2.75) is 25.8 Å². The van der Waals surface area contributed by atoms with Crippen molar-refractivity contribution in [3.05, 3.63) is 28.2 Å². The maximum atomic E-state index is 11.2. The number of hydrogen-bond acceptors (Lipinski definition) is 3. The molecule has 0 aliphatic carbocycles. The smallest absolute Gasteiger partial charge is 0.249 e. The number of amides is 1. The van der Waals surface area contributed by atoms with E-state index < -0.39 is 5.91 Å². The highest BCUT2D eigenvalue weighted by Gasteiger charge is 2.19. The van der Waals surface area contributed by atoms with E-state index in [1.807, 2.05) is 12.1 Å². The average molecular weight is 326 g/mol. The van der Waals surface area contributed by atoms with Crippen LogP contribution in [0.1, 0.15) is 30.1 Å². The standard InChI is InChI=1S/C14H20BrN3O/c1-9(10-3-2-6-17-8-10)18-11-4-5-12(14(16)19)13(15)7-11/h4-5,7,9-10,17-18H,2-3,6,8H2,1H3,(H2,16,19). The zero-order valence-corrected chi connectivity index (χ0v) is 12.7. The molecule has 2 unspecified atom stereocenters. The van der Waals surface area contributed by atoms with Crippen LogP contribution in [0.25, 0.3) is 0 Å². The topological polar surface area (TPSA) is 67.1 Å². The summed E-state index contributed by atoms with van der Waals surface area (Å²) in [5.74, 6) is 0.228. The minimum Gasteiger partial charge on any atom is -0.382 e. The van der Waals surface area contributed by atoms with Crippen LogP contribution in [0, 0.1) is 5.92 Å². The minimum atomic E-state index is -0.414.